The monoisotopic (exact) mass is 336 g/mol. The van der Waals surface area contributed by atoms with Gasteiger partial charge in [0.15, 0.2) is 8.15 Å². The molecule has 24 heavy (non-hydrogen) atoms. The number of ether oxygens (including phenoxy) is 2. The first-order chi connectivity index (χ1) is 11.8. The van der Waals surface area contributed by atoms with Crippen LogP contribution in [0, 0.1) is 0 Å². The standard InChI is InChI=1S/C20H17O3P/c1-21-14-11-12-18(22-2)20(13-14)24-19-10-6-4-8-16(19)15-7-3-5-9-17(15)23-24/h3-13H,1-2H3. The van der Waals surface area contributed by atoms with Gasteiger partial charge in [-0.3, -0.25) is 0 Å². The maximum absolute atomic E-state index is 6.42. The highest BCUT2D eigenvalue weighted by Crippen LogP contribution is 2.49. The van der Waals surface area contributed by atoms with E-state index in [9.17, 15) is 0 Å². The molecule has 0 bridgehead atoms. The zero-order chi connectivity index (χ0) is 16.5. The van der Waals surface area contributed by atoms with Crippen LogP contribution in [0.5, 0.6) is 17.2 Å². The second kappa shape index (κ2) is 6.18. The van der Waals surface area contributed by atoms with E-state index in [4.69, 9.17) is 14.0 Å². The van der Waals surface area contributed by atoms with Crippen molar-refractivity contribution in [1.82, 2.24) is 0 Å². The zero-order valence-corrected chi connectivity index (χ0v) is 14.4. The number of hydrogen-bond donors (Lipinski definition) is 0. The number of para-hydroxylation sites is 1. The van der Waals surface area contributed by atoms with E-state index >= 15 is 0 Å². The molecular weight excluding hydrogens is 319 g/mol. The lowest BCUT2D eigenvalue weighted by molar-refractivity contribution is 0.405. The maximum atomic E-state index is 6.42. The summed E-state index contributed by atoms with van der Waals surface area (Å²) >= 11 is 0. The summed E-state index contributed by atoms with van der Waals surface area (Å²) in [5.41, 5.74) is 2.35. The van der Waals surface area contributed by atoms with Gasteiger partial charge in [-0.1, -0.05) is 42.5 Å². The summed E-state index contributed by atoms with van der Waals surface area (Å²) in [4.78, 5) is 0. The smallest absolute Gasteiger partial charge is 0.155 e. The van der Waals surface area contributed by atoms with E-state index in [2.05, 4.69) is 30.3 Å². The third kappa shape index (κ3) is 2.42. The van der Waals surface area contributed by atoms with E-state index in [1.807, 2.05) is 36.4 Å². The SMILES string of the molecule is COc1ccc(OC)c(P2Oc3ccccc3-c3ccccc32)c1. The fourth-order valence-corrected chi connectivity index (χ4v) is 4.99. The molecule has 0 saturated carbocycles. The van der Waals surface area contributed by atoms with E-state index in [0.717, 1.165) is 28.1 Å². The van der Waals surface area contributed by atoms with Crippen LogP contribution >= 0.6 is 8.15 Å². The fourth-order valence-electron chi connectivity index (χ4n) is 2.93. The van der Waals surface area contributed by atoms with Gasteiger partial charge in [0, 0.05) is 10.9 Å². The molecule has 1 atom stereocenters. The molecule has 120 valence electrons. The Bertz CT molecular complexity index is 892. The maximum Gasteiger partial charge on any atom is 0.155 e. The van der Waals surface area contributed by atoms with Crippen molar-refractivity contribution < 1.29 is 14.0 Å². The highest BCUT2D eigenvalue weighted by Gasteiger charge is 2.30. The average molecular weight is 336 g/mol. The molecule has 0 spiro atoms. The van der Waals surface area contributed by atoms with Gasteiger partial charge in [-0.25, -0.2) is 0 Å². The van der Waals surface area contributed by atoms with Crippen molar-refractivity contribution in [2.45, 2.75) is 0 Å². The van der Waals surface area contributed by atoms with E-state index in [1.165, 1.54) is 10.9 Å². The van der Waals surface area contributed by atoms with Crippen LogP contribution in [0.15, 0.2) is 66.7 Å². The lowest BCUT2D eigenvalue weighted by Gasteiger charge is -2.29. The van der Waals surface area contributed by atoms with Crippen molar-refractivity contribution >= 4 is 18.8 Å². The van der Waals surface area contributed by atoms with Crippen LogP contribution < -0.4 is 24.6 Å². The van der Waals surface area contributed by atoms with Crippen LogP contribution in [-0.2, 0) is 0 Å². The largest absolute Gasteiger partial charge is 0.497 e. The molecule has 0 aromatic heterocycles. The molecule has 3 aromatic rings. The second-order valence-corrected chi connectivity index (χ2v) is 7.17. The zero-order valence-electron chi connectivity index (χ0n) is 13.5. The molecule has 0 saturated heterocycles. The minimum atomic E-state index is -1.02. The van der Waals surface area contributed by atoms with Crippen molar-refractivity contribution in [3.8, 4) is 28.4 Å². The van der Waals surface area contributed by atoms with Gasteiger partial charge >= 0.3 is 0 Å². The van der Waals surface area contributed by atoms with E-state index in [0.29, 0.717) is 0 Å². The van der Waals surface area contributed by atoms with E-state index in [1.54, 1.807) is 14.2 Å². The Morgan fingerprint density at radius 3 is 2.29 bits per heavy atom. The van der Waals surface area contributed by atoms with Crippen molar-refractivity contribution in [2.24, 2.45) is 0 Å². The molecular formula is C20H17O3P. The van der Waals surface area contributed by atoms with Gasteiger partial charge in [0.25, 0.3) is 0 Å². The summed E-state index contributed by atoms with van der Waals surface area (Å²) in [6.45, 7) is 0. The summed E-state index contributed by atoms with van der Waals surface area (Å²) in [6, 6.07) is 22.4. The van der Waals surface area contributed by atoms with Crippen LogP contribution in [0.3, 0.4) is 0 Å². The Labute approximate surface area is 142 Å². The van der Waals surface area contributed by atoms with Gasteiger partial charge in [0.2, 0.25) is 0 Å². The Kier molecular flexibility index (Phi) is 3.87. The summed E-state index contributed by atoms with van der Waals surface area (Å²) in [5.74, 6) is 2.52. The molecule has 0 N–H and O–H groups in total. The second-order valence-electron chi connectivity index (χ2n) is 5.44. The van der Waals surface area contributed by atoms with Gasteiger partial charge < -0.3 is 14.0 Å². The Hall–Kier alpha value is -2.51. The predicted octanol–water partition coefficient (Wildman–Crippen LogP) is 4.11. The number of rotatable bonds is 3. The quantitative estimate of drug-likeness (QED) is 0.674. The number of methoxy groups -OCH3 is 2. The van der Waals surface area contributed by atoms with Gasteiger partial charge in [-0.15, -0.1) is 0 Å². The Morgan fingerprint density at radius 1 is 0.750 bits per heavy atom. The van der Waals surface area contributed by atoms with Crippen LogP contribution in [0.4, 0.5) is 0 Å². The van der Waals surface area contributed by atoms with Gasteiger partial charge in [-0.05, 0) is 29.8 Å². The van der Waals surface area contributed by atoms with Crippen LogP contribution in [-0.4, -0.2) is 14.2 Å². The minimum Gasteiger partial charge on any atom is -0.497 e. The molecule has 0 amide bonds. The Morgan fingerprint density at radius 2 is 1.50 bits per heavy atom. The predicted molar refractivity (Wildman–Crippen MR) is 98.2 cm³/mol. The number of benzene rings is 3. The summed E-state index contributed by atoms with van der Waals surface area (Å²) in [7, 11) is 2.33. The van der Waals surface area contributed by atoms with Crippen molar-refractivity contribution in [1.29, 1.82) is 0 Å². The first-order valence-electron chi connectivity index (χ1n) is 7.70. The van der Waals surface area contributed by atoms with E-state index < -0.39 is 8.15 Å². The van der Waals surface area contributed by atoms with Crippen LogP contribution in [0.25, 0.3) is 11.1 Å². The highest BCUT2D eigenvalue weighted by molar-refractivity contribution is 7.69. The summed E-state index contributed by atoms with van der Waals surface area (Å²) < 4.78 is 17.4. The highest BCUT2D eigenvalue weighted by atomic mass is 31.1. The van der Waals surface area contributed by atoms with Crippen molar-refractivity contribution in [3.05, 3.63) is 66.7 Å². The molecule has 1 aliphatic heterocycles. The molecule has 0 aliphatic carbocycles. The minimum absolute atomic E-state index is 0.799. The normalized spacial score (nSPS) is 15.0. The van der Waals surface area contributed by atoms with Crippen molar-refractivity contribution in [3.63, 3.8) is 0 Å². The molecule has 0 radical (unpaired) electrons. The number of fused-ring (bicyclic) bond motifs is 3. The Balaban J connectivity index is 1.92. The lowest BCUT2D eigenvalue weighted by atomic mass is 10.0. The van der Waals surface area contributed by atoms with Gasteiger partial charge in [-0.2, -0.15) is 0 Å². The molecule has 0 fully saturated rings. The van der Waals surface area contributed by atoms with Gasteiger partial charge in [0.05, 0.1) is 19.5 Å². The van der Waals surface area contributed by atoms with Crippen molar-refractivity contribution in [2.75, 3.05) is 14.2 Å². The first-order valence-corrected chi connectivity index (χ1v) is 8.96. The lowest BCUT2D eigenvalue weighted by Crippen LogP contribution is -2.22. The van der Waals surface area contributed by atoms with Crippen LogP contribution in [0.1, 0.15) is 0 Å². The topological polar surface area (TPSA) is 27.7 Å². The first kappa shape index (κ1) is 15.0. The summed E-state index contributed by atoms with van der Waals surface area (Å²) in [5, 5.41) is 2.21. The average Bonchev–Trinajstić information content (AvgIpc) is 2.67. The molecule has 1 unspecified atom stereocenters. The van der Waals surface area contributed by atoms with Crippen LogP contribution in [0.2, 0.25) is 0 Å². The molecule has 1 aliphatic rings. The molecule has 3 aromatic carbocycles. The molecule has 3 nitrogen and oxygen atoms in total. The third-order valence-corrected chi connectivity index (χ3v) is 6.09. The third-order valence-electron chi connectivity index (χ3n) is 4.09. The van der Waals surface area contributed by atoms with Gasteiger partial charge in [0.1, 0.15) is 17.2 Å². The molecule has 1 heterocycles. The molecule has 4 heteroatoms. The van der Waals surface area contributed by atoms with E-state index in [-0.39, 0.29) is 0 Å². The fraction of sp³-hybridized carbons (Fsp3) is 0.100. The molecule has 4 rings (SSSR count). The number of hydrogen-bond acceptors (Lipinski definition) is 3. The summed E-state index contributed by atoms with van der Waals surface area (Å²) in [6.07, 6.45) is 0.